The van der Waals surface area contributed by atoms with Gasteiger partial charge in [-0.15, -0.1) is 0 Å². The molecule has 0 radical (unpaired) electrons. The molecule has 0 unspecified atom stereocenters. The fourth-order valence-corrected chi connectivity index (χ4v) is 2.50. The van der Waals surface area contributed by atoms with Gasteiger partial charge in [-0.1, -0.05) is 45.4 Å². The summed E-state index contributed by atoms with van der Waals surface area (Å²) >= 11 is 5.36. The van der Waals surface area contributed by atoms with Crippen molar-refractivity contribution in [1.82, 2.24) is 5.32 Å². The first-order chi connectivity index (χ1) is 10.8. The summed E-state index contributed by atoms with van der Waals surface area (Å²) in [4.78, 5) is 11.0. The summed E-state index contributed by atoms with van der Waals surface area (Å²) in [6.45, 7) is 7.35. The zero-order chi connectivity index (χ0) is 17.3. The summed E-state index contributed by atoms with van der Waals surface area (Å²) < 4.78 is 4.61. The quantitative estimate of drug-likeness (QED) is 0.448. The highest BCUT2D eigenvalue weighted by molar-refractivity contribution is 7.80. The van der Waals surface area contributed by atoms with Crippen LogP contribution in [0.5, 0.6) is 0 Å². The van der Waals surface area contributed by atoms with Crippen molar-refractivity contribution < 1.29 is 9.53 Å². The summed E-state index contributed by atoms with van der Waals surface area (Å²) in [5.74, 6) is -0.145. The molecule has 1 aromatic carbocycles. The van der Waals surface area contributed by atoms with E-state index in [2.05, 4.69) is 42.2 Å². The second-order valence-corrected chi connectivity index (χ2v) is 6.97. The largest absolute Gasteiger partial charge is 0.469 e. The molecular weight excluding hydrogens is 308 g/mol. The van der Waals surface area contributed by atoms with E-state index in [0.29, 0.717) is 11.5 Å². The van der Waals surface area contributed by atoms with Crippen LogP contribution in [-0.4, -0.2) is 24.7 Å². The Morgan fingerprint density at radius 1 is 1.17 bits per heavy atom. The summed E-state index contributed by atoms with van der Waals surface area (Å²) in [5.41, 5.74) is 2.35. The number of nitrogens with one attached hydrogen (secondary N) is 2. The molecule has 0 fully saturated rings. The van der Waals surface area contributed by atoms with E-state index in [-0.39, 0.29) is 11.4 Å². The molecule has 23 heavy (non-hydrogen) atoms. The number of hydrogen-bond donors (Lipinski definition) is 2. The van der Waals surface area contributed by atoms with Crippen molar-refractivity contribution >= 4 is 29.0 Å². The van der Waals surface area contributed by atoms with Gasteiger partial charge in [0.1, 0.15) is 0 Å². The lowest BCUT2D eigenvalue weighted by molar-refractivity contribution is -0.140. The number of ether oxygens (including phenoxy) is 1. The highest BCUT2D eigenvalue weighted by atomic mass is 32.1. The van der Waals surface area contributed by atoms with Crippen molar-refractivity contribution in [2.45, 2.75) is 51.9 Å². The molecule has 0 amide bonds. The molecular formula is C18H28N2O2S. The topological polar surface area (TPSA) is 50.4 Å². The van der Waals surface area contributed by atoms with Gasteiger partial charge in [0, 0.05) is 18.7 Å². The van der Waals surface area contributed by atoms with Crippen LogP contribution in [0.25, 0.3) is 0 Å². The lowest BCUT2D eigenvalue weighted by Crippen LogP contribution is -2.30. The summed E-state index contributed by atoms with van der Waals surface area (Å²) in [6.07, 6.45) is 3.28. The van der Waals surface area contributed by atoms with E-state index in [0.717, 1.165) is 31.5 Å². The maximum Gasteiger partial charge on any atom is 0.305 e. The molecule has 0 heterocycles. The Kier molecular flexibility index (Phi) is 8.03. The first-order valence-electron chi connectivity index (χ1n) is 8.06. The molecule has 5 heteroatoms. The maximum atomic E-state index is 11.0. The van der Waals surface area contributed by atoms with Crippen LogP contribution in [0, 0.1) is 0 Å². The van der Waals surface area contributed by atoms with E-state index in [1.54, 1.807) is 0 Å². The second kappa shape index (κ2) is 9.50. The van der Waals surface area contributed by atoms with Gasteiger partial charge in [-0.05, 0) is 42.1 Å². The minimum absolute atomic E-state index is 0.0626. The van der Waals surface area contributed by atoms with Crippen LogP contribution in [-0.2, 0) is 14.9 Å². The molecule has 0 aliphatic heterocycles. The molecule has 2 N–H and O–H groups in total. The smallest absolute Gasteiger partial charge is 0.305 e. The third-order valence-electron chi connectivity index (χ3n) is 3.55. The molecule has 0 aliphatic rings. The van der Waals surface area contributed by atoms with Crippen LogP contribution in [0.3, 0.4) is 0 Å². The van der Waals surface area contributed by atoms with E-state index in [4.69, 9.17) is 12.2 Å². The van der Waals surface area contributed by atoms with Crippen LogP contribution in [0.4, 0.5) is 5.69 Å². The van der Waals surface area contributed by atoms with Gasteiger partial charge in [0.05, 0.1) is 7.11 Å². The molecule has 0 bridgehead atoms. The molecule has 0 aliphatic carbocycles. The van der Waals surface area contributed by atoms with E-state index in [1.165, 1.54) is 12.7 Å². The number of thiocarbonyl (C=S) groups is 1. The normalized spacial score (nSPS) is 11.0. The zero-order valence-corrected chi connectivity index (χ0v) is 15.4. The van der Waals surface area contributed by atoms with Gasteiger partial charge in [-0.25, -0.2) is 0 Å². The van der Waals surface area contributed by atoms with Gasteiger partial charge >= 0.3 is 5.97 Å². The molecule has 1 aromatic rings. The van der Waals surface area contributed by atoms with E-state index in [9.17, 15) is 4.79 Å². The van der Waals surface area contributed by atoms with Crippen LogP contribution >= 0.6 is 12.2 Å². The molecule has 0 spiro atoms. The van der Waals surface area contributed by atoms with Crippen molar-refractivity contribution in [2.24, 2.45) is 0 Å². The number of anilines is 1. The Labute approximate surface area is 145 Å². The number of unbranched alkanes of at least 4 members (excludes halogenated alkanes) is 2. The number of methoxy groups -OCH3 is 1. The third kappa shape index (κ3) is 7.46. The standard InChI is InChI=1S/C18H28N2O2S/c1-18(2,3)14-10-7-8-11-15(14)20-17(23)19-13-9-5-6-12-16(21)22-4/h7-8,10-11H,5-6,9,12-13H2,1-4H3,(H2,19,20,23). The number of carbonyl (C=O) groups is 1. The SMILES string of the molecule is COC(=O)CCCCCNC(=S)Nc1ccccc1C(C)(C)C. The summed E-state index contributed by atoms with van der Waals surface area (Å²) in [6, 6.07) is 8.22. The molecule has 0 saturated carbocycles. The van der Waals surface area contributed by atoms with Gasteiger partial charge < -0.3 is 15.4 Å². The molecule has 128 valence electrons. The van der Waals surface area contributed by atoms with E-state index >= 15 is 0 Å². The number of hydrogen-bond acceptors (Lipinski definition) is 3. The lowest BCUT2D eigenvalue weighted by Gasteiger charge is -2.23. The first-order valence-corrected chi connectivity index (χ1v) is 8.46. The highest BCUT2D eigenvalue weighted by Gasteiger charge is 2.17. The Hall–Kier alpha value is -1.62. The minimum Gasteiger partial charge on any atom is -0.469 e. The van der Waals surface area contributed by atoms with Gasteiger partial charge in [0.15, 0.2) is 5.11 Å². The Bertz CT molecular complexity index is 524. The van der Waals surface area contributed by atoms with Gasteiger partial charge in [0.2, 0.25) is 0 Å². The molecule has 0 aromatic heterocycles. The minimum atomic E-state index is -0.145. The van der Waals surface area contributed by atoms with Crippen LogP contribution in [0.1, 0.15) is 52.0 Å². The van der Waals surface area contributed by atoms with Crippen LogP contribution < -0.4 is 10.6 Å². The lowest BCUT2D eigenvalue weighted by atomic mass is 9.86. The predicted octanol–water partition coefficient (Wildman–Crippen LogP) is 4.00. The average Bonchev–Trinajstić information content (AvgIpc) is 2.49. The number of esters is 1. The van der Waals surface area contributed by atoms with Crippen molar-refractivity contribution in [2.75, 3.05) is 19.0 Å². The summed E-state index contributed by atoms with van der Waals surface area (Å²) in [7, 11) is 1.42. The molecule has 0 saturated heterocycles. The van der Waals surface area contributed by atoms with Crippen LogP contribution in [0.2, 0.25) is 0 Å². The van der Waals surface area contributed by atoms with Gasteiger partial charge in [-0.2, -0.15) is 0 Å². The average molecular weight is 337 g/mol. The van der Waals surface area contributed by atoms with Gasteiger partial charge in [0.25, 0.3) is 0 Å². The maximum absolute atomic E-state index is 11.0. The predicted molar refractivity (Wildman–Crippen MR) is 99.8 cm³/mol. The molecule has 0 atom stereocenters. The van der Waals surface area contributed by atoms with Crippen molar-refractivity contribution in [3.63, 3.8) is 0 Å². The van der Waals surface area contributed by atoms with Gasteiger partial charge in [-0.3, -0.25) is 4.79 Å². The molecule has 1 rings (SSSR count). The van der Waals surface area contributed by atoms with E-state index in [1.807, 2.05) is 18.2 Å². The zero-order valence-electron chi connectivity index (χ0n) is 14.6. The fourth-order valence-electron chi connectivity index (χ4n) is 2.29. The fraction of sp³-hybridized carbons (Fsp3) is 0.556. The number of para-hydroxylation sites is 1. The Balaban J connectivity index is 2.34. The molecule has 4 nitrogen and oxygen atoms in total. The third-order valence-corrected chi connectivity index (χ3v) is 3.80. The highest BCUT2D eigenvalue weighted by Crippen LogP contribution is 2.29. The second-order valence-electron chi connectivity index (χ2n) is 6.56. The van der Waals surface area contributed by atoms with Crippen molar-refractivity contribution in [3.05, 3.63) is 29.8 Å². The first kappa shape index (κ1) is 19.4. The summed E-state index contributed by atoms with van der Waals surface area (Å²) in [5, 5.41) is 7.13. The van der Waals surface area contributed by atoms with Crippen LogP contribution in [0.15, 0.2) is 24.3 Å². The number of rotatable bonds is 7. The number of benzene rings is 1. The van der Waals surface area contributed by atoms with Crippen molar-refractivity contribution in [3.8, 4) is 0 Å². The number of carbonyl (C=O) groups excluding carboxylic acids is 1. The Morgan fingerprint density at radius 2 is 1.87 bits per heavy atom. The monoisotopic (exact) mass is 336 g/mol. The van der Waals surface area contributed by atoms with E-state index < -0.39 is 0 Å². The van der Waals surface area contributed by atoms with Crippen molar-refractivity contribution in [1.29, 1.82) is 0 Å². The Morgan fingerprint density at radius 3 is 2.52 bits per heavy atom.